The van der Waals surface area contributed by atoms with Gasteiger partial charge in [-0.25, -0.2) is 4.79 Å². The van der Waals surface area contributed by atoms with E-state index in [1.165, 1.54) is 11.7 Å². The fraction of sp³-hybridized carbons (Fsp3) is 0.143. The van der Waals surface area contributed by atoms with Crippen LogP contribution in [-0.4, -0.2) is 12.0 Å². The highest BCUT2D eigenvalue weighted by Gasteiger charge is 2.28. The second-order valence-electron chi connectivity index (χ2n) is 4.22. The Bertz CT molecular complexity index is 614. The first kappa shape index (κ1) is 10.7. The minimum Gasteiger partial charge on any atom is -0.278 e. The molecule has 1 aliphatic heterocycles. The van der Waals surface area contributed by atoms with E-state index in [0.717, 1.165) is 24.2 Å². The van der Waals surface area contributed by atoms with Gasteiger partial charge in [0.1, 0.15) is 0 Å². The molecule has 0 N–H and O–H groups in total. The minimum absolute atomic E-state index is 0.0314. The molecule has 0 unspecified atom stereocenters. The zero-order chi connectivity index (χ0) is 12.5. The van der Waals surface area contributed by atoms with Crippen molar-refractivity contribution < 1.29 is 9.59 Å². The van der Waals surface area contributed by atoms with E-state index < -0.39 is 0 Å². The molecule has 88 valence electrons. The monoisotopic (exact) mass is 238 g/mol. The lowest BCUT2D eigenvalue weighted by Crippen LogP contribution is -2.23. The van der Waals surface area contributed by atoms with Gasteiger partial charge in [-0.3, -0.25) is 9.69 Å². The van der Waals surface area contributed by atoms with Crippen LogP contribution in [-0.2, 0) is 9.59 Å². The number of carbonyl (C=O) groups excluding carboxylic acids is 2. The Morgan fingerprint density at radius 1 is 1.11 bits per heavy atom. The summed E-state index contributed by atoms with van der Waals surface area (Å²) in [7, 11) is 0. The Balaban J connectivity index is 1.97. The van der Waals surface area contributed by atoms with Crippen LogP contribution in [0.15, 0.2) is 52.7 Å². The van der Waals surface area contributed by atoms with E-state index in [9.17, 15) is 9.59 Å². The number of hydrogen-bond acceptors (Lipinski definition) is 3. The van der Waals surface area contributed by atoms with Gasteiger partial charge in [-0.05, 0) is 48.8 Å². The smallest absolute Gasteiger partial charge is 0.255 e. The Hall–Kier alpha value is -2.45. The molecule has 0 radical (unpaired) electrons. The third kappa shape index (κ3) is 1.79. The number of isocyanates is 1. The van der Waals surface area contributed by atoms with Crippen LogP contribution in [0, 0.1) is 0 Å². The highest BCUT2D eigenvalue weighted by Crippen LogP contribution is 2.38. The van der Waals surface area contributed by atoms with Crippen molar-refractivity contribution >= 4 is 23.4 Å². The molecule has 4 nitrogen and oxygen atoms in total. The normalized spacial score (nSPS) is 17.1. The maximum atomic E-state index is 11.8. The van der Waals surface area contributed by atoms with Gasteiger partial charge < -0.3 is 0 Å². The summed E-state index contributed by atoms with van der Waals surface area (Å²) in [5, 5.41) is 0. The molecule has 1 aliphatic carbocycles. The number of amides is 1. The summed E-state index contributed by atoms with van der Waals surface area (Å²) in [6.45, 7) is 0. The van der Waals surface area contributed by atoms with Crippen LogP contribution in [0.2, 0.25) is 0 Å². The van der Waals surface area contributed by atoms with Gasteiger partial charge in [-0.2, -0.15) is 4.99 Å². The van der Waals surface area contributed by atoms with Crippen molar-refractivity contribution in [3.8, 4) is 0 Å². The first-order valence-electron chi connectivity index (χ1n) is 5.72. The molecule has 1 heterocycles. The molecule has 0 saturated heterocycles. The fourth-order valence-electron chi connectivity index (χ4n) is 2.01. The lowest BCUT2D eigenvalue weighted by molar-refractivity contribution is -0.113. The summed E-state index contributed by atoms with van der Waals surface area (Å²) in [6, 6.07) is 6.95. The number of rotatable bonds is 2. The number of anilines is 1. The summed E-state index contributed by atoms with van der Waals surface area (Å²) >= 11 is 0. The van der Waals surface area contributed by atoms with Crippen LogP contribution in [0.4, 0.5) is 11.4 Å². The number of carbonyl (C=O) groups is 1. The van der Waals surface area contributed by atoms with E-state index in [4.69, 9.17) is 0 Å². The zero-order valence-electron chi connectivity index (χ0n) is 9.59. The van der Waals surface area contributed by atoms with Crippen LogP contribution < -0.4 is 4.90 Å². The maximum absolute atomic E-state index is 11.8. The van der Waals surface area contributed by atoms with Crippen LogP contribution in [0.3, 0.4) is 0 Å². The first-order valence-corrected chi connectivity index (χ1v) is 5.72. The van der Waals surface area contributed by atoms with Gasteiger partial charge >= 0.3 is 0 Å². The molecule has 3 rings (SSSR count). The standard InChI is InChI=1S/C14H10N2O2/c17-9-15-11-3-5-12(6-4-11)16-13(10-1-2-10)7-8-14(16)18/h3-8H,1-2H2. The third-order valence-corrected chi connectivity index (χ3v) is 2.99. The first-order chi connectivity index (χ1) is 8.79. The maximum Gasteiger partial charge on any atom is 0.255 e. The van der Waals surface area contributed by atoms with Crippen LogP contribution in [0.5, 0.6) is 0 Å². The molecular formula is C14H10N2O2. The molecule has 0 bridgehead atoms. The predicted molar refractivity (Wildman–Crippen MR) is 67.1 cm³/mol. The number of nitrogens with zero attached hydrogens (tertiary/aromatic N) is 2. The van der Waals surface area contributed by atoms with Crippen molar-refractivity contribution in [3.05, 3.63) is 47.7 Å². The summed E-state index contributed by atoms with van der Waals surface area (Å²) < 4.78 is 0. The molecule has 1 amide bonds. The SMILES string of the molecule is O=C=Nc1ccc(N2C(=O)C=CC2=C2CC2)cc1. The van der Waals surface area contributed by atoms with Crippen LogP contribution >= 0.6 is 0 Å². The van der Waals surface area contributed by atoms with E-state index >= 15 is 0 Å². The van der Waals surface area contributed by atoms with E-state index in [-0.39, 0.29) is 5.91 Å². The zero-order valence-corrected chi connectivity index (χ0v) is 9.59. The Morgan fingerprint density at radius 3 is 2.44 bits per heavy atom. The summed E-state index contributed by atoms with van der Waals surface area (Å²) in [5.41, 5.74) is 3.64. The van der Waals surface area contributed by atoms with Gasteiger partial charge in [0.2, 0.25) is 6.08 Å². The average molecular weight is 238 g/mol. The molecular weight excluding hydrogens is 228 g/mol. The van der Waals surface area contributed by atoms with Crippen LogP contribution in [0.1, 0.15) is 12.8 Å². The van der Waals surface area contributed by atoms with Crippen molar-refractivity contribution in [2.24, 2.45) is 4.99 Å². The van der Waals surface area contributed by atoms with Crippen molar-refractivity contribution in [1.82, 2.24) is 0 Å². The second-order valence-corrected chi connectivity index (χ2v) is 4.22. The molecule has 0 spiro atoms. The summed E-state index contributed by atoms with van der Waals surface area (Å²) in [5.74, 6) is -0.0314. The number of hydrogen-bond donors (Lipinski definition) is 0. The van der Waals surface area contributed by atoms with Crippen LogP contribution in [0.25, 0.3) is 0 Å². The lowest BCUT2D eigenvalue weighted by Gasteiger charge is -2.18. The van der Waals surface area contributed by atoms with Gasteiger partial charge in [0.15, 0.2) is 0 Å². The third-order valence-electron chi connectivity index (χ3n) is 2.99. The summed E-state index contributed by atoms with van der Waals surface area (Å²) in [6.07, 6.45) is 7.07. The van der Waals surface area contributed by atoms with E-state index in [2.05, 4.69) is 4.99 Å². The van der Waals surface area contributed by atoms with Crippen molar-refractivity contribution in [3.63, 3.8) is 0 Å². The van der Waals surface area contributed by atoms with Crippen molar-refractivity contribution in [2.45, 2.75) is 12.8 Å². The molecule has 0 atom stereocenters. The van der Waals surface area contributed by atoms with Crippen molar-refractivity contribution in [1.29, 1.82) is 0 Å². The van der Waals surface area contributed by atoms with E-state index in [1.54, 1.807) is 35.2 Å². The molecule has 18 heavy (non-hydrogen) atoms. The Labute approximate surface area is 104 Å². The topological polar surface area (TPSA) is 49.7 Å². The molecule has 2 aliphatic rings. The van der Waals surface area contributed by atoms with Gasteiger partial charge in [-0.1, -0.05) is 0 Å². The largest absolute Gasteiger partial charge is 0.278 e. The van der Waals surface area contributed by atoms with E-state index in [1.807, 2.05) is 6.08 Å². The lowest BCUT2D eigenvalue weighted by atomic mass is 10.2. The van der Waals surface area contributed by atoms with Gasteiger partial charge in [0.25, 0.3) is 5.91 Å². The highest BCUT2D eigenvalue weighted by molar-refractivity contribution is 6.08. The average Bonchev–Trinajstić information content (AvgIpc) is 3.15. The number of benzene rings is 1. The molecule has 1 aromatic carbocycles. The molecule has 0 aromatic heterocycles. The van der Waals surface area contributed by atoms with Gasteiger partial charge in [0, 0.05) is 17.5 Å². The Morgan fingerprint density at radius 2 is 1.83 bits per heavy atom. The second kappa shape index (κ2) is 4.09. The number of allylic oxidation sites excluding steroid dienone is 2. The molecule has 1 fully saturated rings. The molecule has 1 aromatic rings. The number of aliphatic imine (C=N–C) groups is 1. The predicted octanol–water partition coefficient (Wildman–Crippen LogP) is 2.60. The quantitative estimate of drug-likeness (QED) is 0.587. The van der Waals surface area contributed by atoms with Gasteiger partial charge in [-0.15, -0.1) is 0 Å². The van der Waals surface area contributed by atoms with Crippen molar-refractivity contribution in [2.75, 3.05) is 4.90 Å². The van der Waals surface area contributed by atoms with E-state index in [0.29, 0.717) is 5.69 Å². The van der Waals surface area contributed by atoms with Gasteiger partial charge in [0.05, 0.1) is 5.69 Å². The fourth-order valence-corrected chi connectivity index (χ4v) is 2.01. The summed E-state index contributed by atoms with van der Waals surface area (Å²) in [4.78, 5) is 27.2. The Kier molecular flexibility index (Phi) is 2.43. The minimum atomic E-state index is -0.0314. The highest BCUT2D eigenvalue weighted by atomic mass is 16.2. The molecule has 1 saturated carbocycles. The molecule has 4 heteroatoms.